The molecule has 4 N–H and O–H groups in total. The lowest BCUT2D eigenvalue weighted by Gasteiger charge is -2.62. The maximum absolute atomic E-state index is 13.2. The largest absolute Gasteiger partial charge is 0.504 e. The van der Waals surface area contributed by atoms with Crippen molar-refractivity contribution in [3.63, 3.8) is 0 Å². The van der Waals surface area contributed by atoms with Crippen LogP contribution >= 0.6 is 43.2 Å². The standard InChI is InChI=1S/C28H35NO5S2.C20H23NO4.C8H14O2S2/c30-20-9-11-28(32)22-15-18-7-8-21(33-23(31)4-2-1-3-19-10-14-35-36-19)25-24(18)27(28,26(20)34-25)12-13-29(22)16-17-5-6-17;22-13-4-3-12-9-15-20(24)6-5-14(23)18-19(20,16(12)17(13)25-18)7-8-21(15)10-11-1-2-11;9-8(10)4-2-1-3-7-5-6-11-12-7/h7-8,17,19,22,26,32H,1-6,9-16H2;3-4,11,15,18,22,24H,1-2,5-10H2;7H,1-6H2,(H,9,10)/t19?,22-,26+,27+,28-;15-,18+,19+,20-;/m11./s1. The molecule has 6 heterocycles. The molecule has 4 saturated carbocycles. The van der Waals surface area contributed by atoms with Crippen LogP contribution in [0.25, 0.3) is 0 Å². The van der Waals surface area contributed by atoms with Crippen LogP contribution in [0.15, 0.2) is 24.3 Å². The van der Waals surface area contributed by atoms with Crippen molar-refractivity contribution in [2.24, 2.45) is 11.8 Å². The number of aromatic hydroxyl groups is 1. The maximum Gasteiger partial charge on any atom is 0.311 e. The number of rotatable bonds is 15. The fraction of sp³-hybridized carbons (Fsp3) is 0.714. The zero-order chi connectivity index (χ0) is 50.3. The highest BCUT2D eigenvalue weighted by molar-refractivity contribution is 8.77. The van der Waals surface area contributed by atoms with Crippen LogP contribution in [-0.4, -0.2) is 137 Å². The first-order chi connectivity index (χ1) is 35.3. The van der Waals surface area contributed by atoms with E-state index in [1.54, 1.807) is 6.07 Å². The number of carboxylic acid groups (broad SMARTS) is 1. The van der Waals surface area contributed by atoms with Gasteiger partial charge in [0.1, 0.15) is 0 Å². The molecule has 14 rings (SSSR count). The van der Waals surface area contributed by atoms with Gasteiger partial charge in [0, 0.05) is 84.0 Å². The first-order valence-electron chi connectivity index (χ1n) is 27.7. The van der Waals surface area contributed by atoms with E-state index < -0.39 is 40.2 Å². The van der Waals surface area contributed by atoms with Gasteiger partial charge in [0.25, 0.3) is 0 Å². The molecule has 2 aromatic rings. The van der Waals surface area contributed by atoms with E-state index in [1.165, 1.54) is 56.5 Å². The Labute approximate surface area is 444 Å². The van der Waals surface area contributed by atoms with E-state index in [0.717, 1.165) is 122 Å². The Morgan fingerprint density at radius 3 is 1.67 bits per heavy atom. The molecule has 6 aliphatic carbocycles. The van der Waals surface area contributed by atoms with Crippen LogP contribution in [0.5, 0.6) is 23.0 Å². The van der Waals surface area contributed by atoms with E-state index in [1.807, 2.05) is 55.3 Å². The van der Waals surface area contributed by atoms with E-state index in [9.17, 15) is 34.5 Å². The van der Waals surface area contributed by atoms with Gasteiger partial charge < -0.3 is 34.6 Å². The number of hydrogen-bond acceptors (Lipinski definition) is 16. The van der Waals surface area contributed by atoms with Crippen LogP contribution in [0.3, 0.4) is 0 Å². The Morgan fingerprint density at radius 1 is 0.658 bits per heavy atom. The summed E-state index contributed by atoms with van der Waals surface area (Å²) in [5, 5.41) is 44.6. The number of likely N-dealkylation sites (tertiary alicyclic amines) is 2. The molecule has 8 fully saturated rings. The lowest BCUT2D eigenvalue weighted by Crippen LogP contribution is -2.76. The molecule has 12 aliphatic rings. The minimum atomic E-state index is -0.990. The van der Waals surface area contributed by atoms with Gasteiger partial charge in [-0.2, -0.15) is 0 Å². The number of piperidine rings is 2. The van der Waals surface area contributed by atoms with Crippen LogP contribution in [0, 0.1) is 11.8 Å². The third kappa shape index (κ3) is 8.97. The molecule has 17 heteroatoms. The summed E-state index contributed by atoms with van der Waals surface area (Å²) in [5.41, 5.74) is 0.830. The maximum atomic E-state index is 13.2. The monoisotopic (exact) mass is 1080 g/mol. The molecule has 6 aliphatic heterocycles. The lowest BCUT2D eigenvalue weighted by atomic mass is 9.49. The van der Waals surface area contributed by atoms with Crippen molar-refractivity contribution in [1.29, 1.82) is 0 Å². The zero-order valence-electron chi connectivity index (χ0n) is 41.9. The van der Waals surface area contributed by atoms with Gasteiger partial charge in [-0.3, -0.25) is 29.0 Å². The van der Waals surface area contributed by atoms with Crippen molar-refractivity contribution in [2.75, 3.05) is 37.7 Å². The van der Waals surface area contributed by atoms with Crippen LogP contribution in [-0.2, 0) is 42.8 Å². The number of esters is 1. The number of benzene rings is 2. The number of aliphatic hydroxyl groups is 2. The number of phenols is 1. The summed E-state index contributed by atoms with van der Waals surface area (Å²) in [6.07, 6.45) is 17.9. The average Bonchev–Trinajstić information content (AvgIpc) is 4.10. The first kappa shape index (κ1) is 51.1. The normalized spacial score (nSPS) is 35.9. The second kappa shape index (κ2) is 20.3. The van der Waals surface area contributed by atoms with Crippen LogP contribution < -0.4 is 14.2 Å². The smallest absolute Gasteiger partial charge is 0.311 e. The first-order valence-corrected chi connectivity index (χ1v) is 32.4. The van der Waals surface area contributed by atoms with E-state index in [0.29, 0.717) is 62.2 Å². The Morgan fingerprint density at radius 2 is 1.16 bits per heavy atom. The topological polar surface area (TPSA) is 183 Å². The van der Waals surface area contributed by atoms with Gasteiger partial charge in [0.05, 0.1) is 22.0 Å². The van der Waals surface area contributed by atoms with Crippen molar-refractivity contribution >= 4 is 66.7 Å². The van der Waals surface area contributed by atoms with Gasteiger partial charge in [-0.25, -0.2) is 0 Å². The summed E-state index contributed by atoms with van der Waals surface area (Å²) >= 11 is 0. The fourth-order valence-electron chi connectivity index (χ4n) is 15.2. The molecule has 4 saturated heterocycles. The van der Waals surface area contributed by atoms with Gasteiger partial charge in [-0.1, -0.05) is 68.1 Å². The van der Waals surface area contributed by atoms with Crippen molar-refractivity contribution in [3.8, 4) is 23.0 Å². The van der Waals surface area contributed by atoms with Crippen molar-refractivity contribution < 1.29 is 53.8 Å². The molecular formula is C56H72N2O11S4. The van der Waals surface area contributed by atoms with Crippen LogP contribution in [0.1, 0.15) is 151 Å². The summed E-state index contributed by atoms with van der Waals surface area (Å²) in [6, 6.07) is 7.60. The molecule has 0 radical (unpaired) electrons. The predicted octanol–water partition coefficient (Wildman–Crippen LogP) is 8.75. The number of unbranched alkanes of at least 4 members (excludes halogenated alkanes) is 2. The number of nitrogens with zero attached hydrogens (tertiary/aromatic N) is 2. The number of carboxylic acids is 1. The Hall–Kier alpha value is -2.64. The lowest BCUT2D eigenvalue weighted by molar-refractivity contribution is -0.188. The summed E-state index contributed by atoms with van der Waals surface area (Å²) in [4.78, 5) is 53.8. The fourth-order valence-corrected chi connectivity index (χ4v) is 21.2. The summed E-state index contributed by atoms with van der Waals surface area (Å²) in [7, 11) is 7.85. The Kier molecular flexibility index (Phi) is 14.2. The number of carbonyl (C=O) groups is 4. The predicted molar refractivity (Wildman–Crippen MR) is 285 cm³/mol. The highest BCUT2D eigenvalue weighted by atomic mass is 33.1. The second-order valence-electron chi connectivity index (χ2n) is 23.4. The van der Waals surface area contributed by atoms with E-state index in [2.05, 4.69) is 15.9 Å². The molecule has 2 spiro atoms. The van der Waals surface area contributed by atoms with Gasteiger partial charge in [-0.15, -0.1) is 0 Å². The van der Waals surface area contributed by atoms with Gasteiger partial charge in [-0.05, 0) is 151 Å². The molecule has 73 heavy (non-hydrogen) atoms. The summed E-state index contributed by atoms with van der Waals surface area (Å²) in [6.45, 7) is 3.87. The van der Waals surface area contributed by atoms with Crippen molar-refractivity contribution in [3.05, 3.63) is 46.5 Å². The number of phenolic OH excluding ortho intramolecular Hbond substituents is 1. The third-order valence-corrected chi connectivity index (χ3v) is 25.1. The number of Topliss-reactive ketones (excluding diaryl/α,β-unsaturated/α-hetero) is 2. The van der Waals surface area contributed by atoms with E-state index >= 15 is 0 Å². The molecule has 396 valence electrons. The number of carbonyl (C=O) groups excluding carboxylic acids is 3. The summed E-state index contributed by atoms with van der Waals surface area (Å²) < 4.78 is 18.3. The average molecular weight is 1080 g/mol. The molecule has 0 amide bonds. The van der Waals surface area contributed by atoms with Crippen LogP contribution in [0.2, 0.25) is 0 Å². The number of aliphatic carboxylic acids is 1. The molecular weight excluding hydrogens is 1000 g/mol. The second-order valence-corrected chi connectivity index (χ2v) is 29.0. The van der Waals surface area contributed by atoms with Gasteiger partial charge in [0.2, 0.25) is 0 Å². The Balaban J connectivity index is 0.000000126. The van der Waals surface area contributed by atoms with Gasteiger partial charge in [0.15, 0.2) is 46.8 Å². The van der Waals surface area contributed by atoms with Crippen molar-refractivity contribution in [2.45, 2.75) is 198 Å². The molecule has 2 unspecified atom stereocenters. The zero-order valence-corrected chi connectivity index (χ0v) is 45.2. The molecule has 0 aromatic heterocycles. The minimum Gasteiger partial charge on any atom is -0.504 e. The molecule has 4 bridgehead atoms. The van der Waals surface area contributed by atoms with Crippen molar-refractivity contribution in [1.82, 2.24) is 9.80 Å². The van der Waals surface area contributed by atoms with Gasteiger partial charge >= 0.3 is 11.9 Å². The quantitative estimate of drug-likeness (QED) is 0.0574. The number of hydrogen-bond donors (Lipinski definition) is 4. The minimum absolute atomic E-state index is 0.00864. The van der Waals surface area contributed by atoms with E-state index in [4.69, 9.17) is 19.3 Å². The Bertz CT molecular complexity index is 2500. The SMILES string of the molecule is O=C(CCCCC1CCSS1)Oc1ccc2c3c1O[C@H]1C(=O)CC[C@@]4(O)[C@@H](C2)N(CC2CC2)CC[C@]314.O=C(O)CCCCC1CCSS1.O=C1CC[C@@]2(O)[C@H]3Cc4ccc(O)c5c4[C@@]2(CCN3CC2CC2)[C@H]1O5. The summed E-state index contributed by atoms with van der Waals surface area (Å²) in [5.74, 6) is 4.75. The highest BCUT2D eigenvalue weighted by Crippen LogP contribution is 2.67. The van der Waals surface area contributed by atoms with E-state index in [-0.39, 0.29) is 35.4 Å². The molecule has 10 atom stereocenters. The number of ether oxygens (including phenoxy) is 3. The highest BCUT2D eigenvalue weighted by Gasteiger charge is 2.75. The van der Waals surface area contributed by atoms with Crippen LogP contribution in [0.4, 0.5) is 0 Å². The third-order valence-electron chi connectivity index (χ3n) is 19.1. The number of ketones is 2. The molecule has 13 nitrogen and oxygen atoms in total. The molecule has 2 aromatic carbocycles.